The highest BCUT2D eigenvalue weighted by molar-refractivity contribution is 7.71. The number of amides is 1. The molecule has 1 heterocycles. The van der Waals surface area contributed by atoms with Gasteiger partial charge in [0.25, 0.3) is 0 Å². The van der Waals surface area contributed by atoms with Crippen molar-refractivity contribution in [3.63, 3.8) is 0 Å². The Kier molecular flexibility index (Phi) is 3.40. The molecule has 1 aromatic rings. The molecule has 0 aliphatic carbocycles. The average molecular weight is 214 g/mol. The lowest BCUT2D eigenvalue weighted by Crippen LogP contribution is -2.23. The molecule has 1 N–H and O–H groups in total. The van der Waals surface area contributed by atoms with Crippen LogP contribution in [0.4, 0.5) is 0 Å². The zero-order chi connectivity index (χ0) is 10.7. The number of carbonyl (C=O) groups excluding carboxylic acids is 1. The van der Waals surface area contributed by atoms with Gasteiger partial charge >= 0.3 is 0 Å². The quantitative estimate of drug-likeness (QED) is 0.755. The Morgan fingerprint density at radius 2 is 2.29 bits per heavy atom. The molecule has 1 rings (SSSR count). The number of aromatic amines is 1. The average Bonchev–Trinajstić information content (AvgIpc) is 2.43. The van der Waals surface area contributed by atoms with Gasteiger partial charge in [-0.25, -0.2) is 0 Å². The molecule has 0 aliphatic heterocycles. The van der Waals surface area contributed by atoms with Crippen LogP contribution in [-0.4, -0.2) is 39.7 Å². The van der Waals surface area contributed by atoms with E-state index in [4.69, 9.17) is 12.2 Å². The van der Waals surface area contributed by atoms with E-state index in [1.165, 1.54) is 0 Å². The van der Waals surface area contributed by atoms with E-state index in [-0.39, 0.29) is 5.91 Å². The van der Waals surface area contributed by atoms with E-state index in [1.807, 2.05) is 11.5 Å². The molecule has 0 fully saturated rings. The van der Waals surface area contributed by atoms with E-state index in [9.17, 15) is 4.79 Å². The van der Waals surface area contributed by atoms with Crippen LogP contribution in [0.3, 0.4) is 0 Å². The van der Waals surface area contributed by atoms with Crippen LogP contribution >= 0.6 is 12.2 Å². The Hall–Kier alpha value is -1.17. The van der Waals surface area contributed by atoms with Crippen LogP contribution in [0.2, 0.25) is 0 Å². The fraction of sp³-hybridized carbons (Fsp3) is 0.625. The highest BCUT2D eigenvalue weighted by atomic mass is 32.1. The van der Waals surface area contributed by atoms with Crippen LogP contribution in [0.5, 0.6) is 0 Å². The van der Waals surface area contributed by atoms with Gasteiger partial charge in [0.2, 0.25) is 5.91 Å². The summed E-state index contributed by atoms with van der Waals surface area (Å²) in [6, 6.07) is 0. The number of nitrogens with one attached hydrogen (secondary N) is 1. The van der Waals surface area contributed by atoms with Gasteiger partial charge in [-0.1, -0.05) is 0 Å². The number of rotatable bonds is 3. The summed E-state index contributed by atoms with van der Waals surface area (Å²) in [6.45, 7) is 2.44. The first-order chi connectivity index (χ1) is 6.52. The number of H-pyrrole nitrogens is 1. The van der Waals surface area contributed by atoms with Gasteiger partial charge in [0.15, 0.2) is 4.77 Å². The maximum atomic E-state index is 11.3. The molecule has 1 aromatic heterocycles. The highest BCUT2D eigenvalue weighted by Gasteiger charge is 2.06. The first-order valence-electron chi connectivity index (χ1n) is 4.34. The molecule has 1 amide bonds. The van der Waals surface area contributed by atoms with Crippen molar-refractivity contribution in [2.75, 3.05) is 14.1 Å². The van der Waals surface area contributed by atoms with Crippen molar-refractivity contribution in [2.45, 2.75) is 19.9 Å². The molecule has 0 saturated heterocycles. The van der Waals surface area contributed by atoms with Crippen LogP contribution in [0.1, 0.15) is 12.2 Å². The lowest BCUT2D eigenvalue weighted by atomic mass is 10.4. The van der Waals surface area contributed by atoms with Gasteiger partial charge in [-0.2, -0.15) is 5.10 Å². The third kappa shape index (κ3) is 2.41. The summed E-state index contributed by atoms with van der Waals surface area (Å²) >= 11 is 5.01. The summed E-state index contributed by atoms with van der Waals surface area (Å²) in [5.74, 6) is 0.897. The van der Waals surface area contributed by atoms with Crippen molar-refractivity contribution >= 4 is 18.1 Å². The summed E-state index contributed by atoms with van der Waals surface area (Å²) in [5, 5.41) is 6.64. The van der Waals surface area contributed by atoms with Gasteiger partial charge in [-0.05, 0) is 19.1 Å². The minimum Gasteiger partial charge on any atom is -0.349 e. The lowest BCUT2D eigenvalue weighted by molar-refractivity contribution is -0.128. The van der Waals surface area contributed by atoms with E-state index in [2.05, 4.69) is 10.2 Å². The summed E-state index contributed by atoms with van der Waals surface area (Å²) < 4.78 is 2.38. The fourth-order valence-corrected chi connectivity index (χ4v) is 1.36. The normalized spacial score (nSPS) is 10.2. The maximum Gasteiger partial charge on any atom is 0.223 e. The number of nitrogens with zero attached hydrogens (tertiary/aromatic N) is 3. The monoisotopic (exact) mass is 214 g/mol. The topological polar surface area (TPSA) is 53.9 Å². The molecule has 78 valence electrons. The third-order valence-corrected chi connectivity index (χ3v) is 2.31. The van der Waals surface area contributed by atoms with E-state index < -0.39 is 0 Å². The molecular weight excluding hydrogens is 200 g/mol. The van der Waals surface area contributed by atoms with Gasteiger partial charge < -0.3 is 9.47 Å². The van der Waals surface area contributed by atoms with Gasteiger partial charge in [-0.3, -0.25) is 9.89 Å². The smallest absolute Gasteiger partial charge is 0.223 e. The van der Waals surface area contributed by atoms with Crippen LogP contribution < -0.4 is 0 Å². The standard InChI is InChI=1S/C8H14N4OS/c1-6-9-10-8(14)12(6)5-4-7(13)11(2)3/h4-5H2,1-3H3,(H,10,14). The Labute approximate surface area is 87.7 Å². The maximum absolute atomic E-state index is 11.3. The Morgan fingerprint density at radius 1 is 1.64 bits per heavy atom. The van der Waals surface area contributed by atoms with Gasteiger partial charge in [-0.15, -0.1) is 0 Å². The molecule has 0 atom stereocenters. The molecular formula is C8H14N4OS. The Bertz CT molecular complexity index is 379. The first-order valence-corrected chi connectivity index (χ1v) is 4.75. The molecule has 0 aliphatic rings. The molecule has 0 radical (unpaired) electrons. The van der Waals surface area contributed by atoms with Crippen molar-refractivity contribution < 1.29 is 4.79 Å². The van der Waals surface area contributed by atoms with Crippen molar-refractivity contribution in [2.24, 2.45) is 0 Å². The second-order valence-electron chi connectivity index (χ2n) is 3.27. The molecule has 0 spiro atoms. The minimum atomic E-state index is 0.0903. The molecule has 5 nitrogen and oxygen atoms in total. The number of carbonyl (C=O) groups is 1. The second kappa shape index (κ2) is 4.36. The lowest BCUT2D eigenvalue weighted by Gasteiger charge is -2.10. The van der Waals surface area contributed by atoms with Gasteiger partial charge in [0.1, 0.15) is 5.82 Å². The molecule has 0 unspecified atom stereocenters. The van der Waals surface area contributed by atoms with E-state index in [0.717, 1.165) is 5.82 Å². The van der Waals surface area contributed by atoms with Crippen molar-refractivity contribution in [3.8, 4) is 0 Å². The van der Waals surface area contributed by atoms with Crippen LogP contribution in [0, 0.1) is 11.7 Å². The zero-order valence-electron chi connectivity index (χ0n) is 8.57. The summed E-state index contributed by atoms with van der Waals surface area (Å²) in [5.41, 5.74) is 0. The van der Waals surface area contributed by atoms with Crippen molar-refractivity contribution in [1.29, 1.82) is 0 Å². The fourth-order valence-electron chi connectivity index (χ4n) is 1.09. The molecule has 0 bridgehead atoms. The van der Waals surface area contributed by atoms with E-state index in [1.54, 1.807) is 19.0 Å². The first kappa shape index (κ1) is 10.9. The second-order valence-corrected chi connectivity index (χ2v) is 3.65. The van der Waals surface area contributed by atoms with E-state index in [0.29, 0.717) is 17.7 Å². The Morgan fingerprint density at radius 3 is 2.71 bits per heavy atom. The number of hydrogen-bond donors (Lipinski definition) is 1. The summed E-state index contributed by atoms with van der Waals surface area (Å²) in [6.07, 6.45) is 0.446. The molecule has 0 saturated carbocycles. The zero-order valence-corrected chi connectivity index (χ0v) is 9.39. The van der Waals surface area contributed by atoms with E-state index >= 15 is 0 Å². The SMILES string of the molecule is Cc1n[nH]c(=S)n1CCC(=O)N(C)C. The summed E-state index contributed by atoms with van der Waals surface area (Å²) in [7, 11) is 3.48. The van der Waals surface area contributed by atoms with Gasteiger partial charge in [0, 0.05) is 27.1 Å². The molecule has 0 aromatic carbocycles. The number of aryl methyl sites for hydroxylation is 1. The molecule has 6 heteroatoms. The Balaban J connectivity index is 2.62. The minimum absolute atomic E-state index is 0.0903. The van der Waals surface area contributed by atoms with Gasteiger partial charge in [0.05, 0.1) is 0 Å². The largest absolute Gasteiger partial charge is 0.349 e. The number of hydrogen-bond acceptors (Lipinski definition) is 3. The highest BCUT2D eigenvalue weighted by Crippen LogP contribution is 1.99. The third-order valence-electron chi connectivity index (χ3n) is 2.00. The van der Waals surface area contributed by atoms with Crippen molar-refractivity contribution in [1.82, 2.24) is 19.7 Å². The van der Waals surface area contributed by atoms with Crippen LogP contribution in [0.25, 0.3) is 0 Å². The molecule has 14 heavy (non-hydrogen) atoms. The van der Waals surface area contributed by atoms with Crippen molar-refractivity contribution in [3.05, 3.63) is 10.6 Å². The summed E-state index contributed by atoms with van der Waals surface area (Å²) in [4.78, 5) is 12.9. The predicted octanol–water partition coefficient (Wildman–Crippen LogP) is 0.727. The predicted molar refractivity (Wildman–Crippen MR) is 55.5 cm³/mol. The van der Waals surface area contributed by atoms with Crippen LogP contribution in [-0.2, 0) is 11.3 Å². The number of aromatic nitrogens is 3. The van der Waals surface area contributed by atoms with Crippen LogP contribution in [0.15, 0.2) is 0 Å².